The largest absolute Gasteiger partial charge is 0.505 e. The first-order valence-electron chi connectivity index (χ1n) is 6.78. The molecule has 0 aliphatic carbocycles. The third-order valence-corrected chi connectivity index (χ3v) is 3.37. The zero-order valence-electron chi connectivity index (χ0n) is 12.5. The number of carbonyl (C=O) groups is 1. The molecule has 0 saturated heterocycles. The Morgan fingerprint density at radius 3 is 2.41 bits per heavy atom. The van der Waals surface area contributed by atoms with Gasteiger partial charge in [0.2, 0.25) is 0 Å². The molecule has 2 aromatic rings. The zero-order valence-corrected chi connectivity index (χ0v) is 12.5. The second kappa shape index (κ2) is 6.02. The van der Waals surface area contributed by atoms with Crippen molar-refractivity contribution in [2.45, 2.75) is 19.4 Å². The van der Waals surface area contributed by atoms with Gasteiger partial charge < -0.3 is 9.84 Å². The van der Waals surface area contributed by atoms with E-state index in [2.05, 4.69) is 6.58 Å². The molecule has 0 unspecified atom stereocenters. The van der Waals surface area contributed by atoms with Gasteiger partial charge in [-0.25, -0.2) is 9.18 Å². The van der Waals surface area contributed by atoms with Crippen LogP contribution in [0, 0.1) is 5.82 Å². The van der Waals surface area contributed by atoms with Crippen LogP contribution < -0.4 is 0 Å². The van der Waals surface area contributed by atoms with E-state index < -0.39 is 23.1 Å². The molecule has 0 aliphatic rings. The number of ether oxygens (including phenoxy) is 1. The van der Waals surface area contributed by atoms with E-state index in [4.69, 9.17) is 4.74 Å². The first-order chi connectivity index (χ1) is 10.3. The van der Waals surface area contributed by atoms with Gasteiger partial charge in [0.25, 0.3) is 0 Å². The second-order valence-corrected chi connectivity index (χ2v) is 5.39. The van der Waals surface area contributed by atoms with Crippen molar-refractivity contribution in [3.8, 4) is 5.75 Å². The molecule has 2 aromatic carbocycles. The van der Waals surface area contributed by atoms with Crippen molar-refractivity contribution in [2.75, 3.05) is 0 Å². The second-order valence-electron chi connectivity index (χ2n) is 5.39. The Hall–Kier alpha value is -2.62. The Morgan fingerprint density at radius 2 is 1.86 bits per heavy atom. The van der Waals surface area contributed by atoms with Crippen LogP contribution in [0.5, 0.6) is 5.75 Å². The summed E-state index contributed by atoms with van der Waals surface area (Å²) in [7, 11) is 0. The quantitative estimate of drug-likeness (QED) is 0.858. The van der Waals surface area contributed by atoms with Crippen LogP contribution in [0.3, 0.4) is 0 Å². The molecule has 0 saturated carbocycles. The topological polar surface area (TPSA) is 46.5 Å². The molecule has 0 atom stereocenters. The van der Waals surface area contributed by atoms with E-state index in [1.165, 1.54) is 12.1 Å². The van der Waals surface area contributed by atoms with Gasteiger partial charge in [0, 0.05) is 0 Å². The number of phenolic OH excluding ortho intramolecular Hbond substituents is 1. The van der Waals surface area contributed by atoms with E-state index in [1.807, 2.05) is 0 Å². The fraction of sp³-hybridized carbons (Fsp3) is 0.167. The average Bonchev–Trinajstić information content (AvgIpc) is 2.49. The van der Waals surface area contributed by atoms with Crippen molar-refractivity contribution >= 4 is 12.0 Å². The maximum Gasteiger partial charge on any atom is 0.338 e. The molecule has 0 aliphatic heterocycles. The highest BCUT2D eigenvalue weighted by atomic mass is 19.1. The van der Waals surface area contributed by atoms with Crippen molar-refractivity contribution in [3.05, 3.63) is 71.6 Å². The number of carbonyl (C=O) groups excluding carboxylic acids is 1. The standard InChI is InChI=1S/C18H17FO3/c1-4-12-5-7-13(8-6-12)17(21)22-18(2,3)14-9-10-16(20)15(19)11-14/h4-11,20H,1H2,2-3H3. The SMILES string of the molecule is C=Cc1ccc(C(=O)OC(C)(C)c2ccc(O)c(F)c2)cc1. The van der Waals surface area contributed by atoms with E-state index in [0.717, 1.165) is 11.6 Å². The lowest BCUT2D eigenvalue weighted by atomic mass is 9.97. The highest BCUT2D eigenvalue weighted by Crippen LogP contribution is 2.29. The molecular weight excluding hydrogens is 283 g/mol. The Labute approximate surface area is 128 Å². The van der Waals surface area contributed by atoms with Crippen LogP contribution in [-0.2, 0) is 10.3 Å². The highest BCUT2D eigenvalue weighted by Gasteiger charge is 2.27. The first kappa shape index (κ1) is 15.8. The van der Waals surface area contributed by atoms with Crippen molar-refractivity contribution in [3.63, 3.8) is 0 Å². The minimum Gasteiger partial charge on any atom is -0.505 e. The van der Waals surface area contributed by atoms with Crippen molar-refractivity contribution < 1.29 is 19.0 Å². The van der Waals surface area contributed by atoms with Gasteiger partial charge in [0.1, 0.15) is 5.60 Å². The Balaban J connectivity index is 2.20. The van der Waals surface area contributed by atoms with E-state index in [1.54, 1.807) is 44.2 Å². The van der Waals surface area contributed by atoms with Gasteiger partial charge >= 0.3 is 5.97 Å². The fourth-order valence-corrected chi connectivity index (χ4v) is 1.99. The van der Waals surface area contributed by atoms with E-state index in [0.29, 0.717) is 11.1 Å². The Bertz CT molecular complexity index is 703. The summed E-state index contributed by atoms with van der Waals surface area (Å²) in [6.45, 7) is 6.97. The molecule has 2 rings (SSSR count). The molecule has 0 bridgehead atoms. The summed E-state index contributed by atoms with van der Waals surface area (Å²) in [6.07, 6.45) is 1.68. The minimum atomic E-state index is -1.03. The van der Waals surface area contributed by atoms with Crippen LogP contribution >= 0.6 is 0 Å². The van der Waals surface area contributed by atoms with Crippen LogP contribution in [0.25, 0.3) is 6.08 Å². The van der Waals surface area contributed by atoms with E-state index >= 15 is 0 Å². The summed E-state index contributed by atoms with van der Waals surface area (Å²) in [4.78, 5) is 12.2. The number of hydrogen-bond donors (Lipinski definition) is 1. The molecule has 0 amide bonds. The van der Waals surface area contributed by atoms with Gasteiger partial charge in [0.15, 0.2) is 11.6 Å². The monoisotopic (exact) mass is 300 g/mol. The molecule has 0 heterocycles. The van der Waals surface area contributed by atoms with Crippen LogP contribution in [0.2, 0.25) is 0 Å². The summed E-state index contributed by atoms with van der Waals surface area (Å²) in [5.41, 5.74) is 0.733. The summed E-state index contributed by atoms with van der Waals surface area (Å²) >= 11 is 0. The number of aromatic hydroxyl groups is 1. The molecule has 114 valence electrons. The molecule has 4 heteroatoms. The van der Waals surface area contributed by atoms with Gasteiger partial charge in [-0.2, -0.15) is 0 Å². The van der Waals surface area contributed by atoms with Crippen LogP contribution in [0.15, 0.2) is 49.0 Å². The number of rotatable bonds is 4. The summed E-state index contributed by atoms with van der Waals surface area (Å²) in [5.74, 6) is -1.70. The van der Waals surface area contributed by atoms with Crippen LogP contribution in [0.4, 0.5) is 4.39 Å². The van der Waals surface area contributed by atoms with Gasteiger partial charge in [-0.3, -0.25) is 0 Å². The summed E-state index contributed by atoms with van der Waals surface area (Å²) in [5, 5.41) is 9.23. The molecule has 22 heavy (non-hydrogen) atoms. The van der Waals surface area contributed by atoms with Crippen LogP contribution in [0.1, 0.15) is 35.3 Å². The summed E-state index contributed by atoms with van der Waals surface area (Å²) < 4.78 is 18.9. The number of benzene rings is 2. The maximum absolute atomic E-state index is 13.5. The predicted octanol–water partition coefficient (Wildman–Crippen LogP) is 4.27. The number of esters is 1. The number of phenols is 1. The van der Waals surface area contributed by atoms with Gasteiger partial charge in [-0.15, -0.1) is 0 Å². The maximum atomic E-state index is 13.5. The third-order valence-electron chi connectivity index (χ3n) is 3.37. The lowest BCUT2D eigenvalue weighted by Crippen LogP contribution is -2.25. The number of halogens is 1. The van der Waals surface area contributed by atoms with Crippen molar-refractivity contribution in [1.29, 1.82) is 0 Å². The van der Waals surface area contributed by atoms with Crippen molar-refractivity contribution in [1.82, 2.24) is 0 Å². The lowest BCUT2D eigenvalue weighted by Gasteiger charge is -2.26. The average molecular weight is 300 g/mol. The Kier molecular flexibility index (Phi) is 4.31. The first-order valence-corrected chi connectivity index (χ1v) is 6.78. The fourth-order valence-electron chi connectivity index (χ4n) is 1.99. The number of hydrogen-bond acceptors (Lipinski definition) is 3. The van der Waals surface area contributed by atoms with Gasteiger partial charge in [-0.05, 0) is 49.2 Å². The normalized spacial score (nSPS) is 11.0. The van der Waals surface area contributed by atoms with E-state index in [-0.39, 0.29) is 0 Å². The summed E-state index contributed by atoms with van der Waals surface area (Å²) in [6, 6.07) is 10.7. The van der Waals surface area contributed by atoms with Crippen LogP contribution in [-0.4, -0.2) is 11.1 Å². The molecular formula is C18H17FO3. The predicted molar refractivity (Wildman–Crippen MR) is 83.0 cm³/mol. The zero-order chi connectivity index (χ0) is 16.3. The molecule has 0 fully saturated rings. The highest BCUT2D eigenvalue weighted by molar-refractivity contribution is 5.90. The molecule has 0 spiro atoms. The smallest absolute Gasteiger partial charge is 0.338 e. The molecule has 0 aromatic heterocycles. The van der Waals surface area contributed by atoms with E-state index in [9.17, 15) is 14.3 Å². The molecule has 1 N–H and O–H groups in total. The van der Waals surface area contributed by atoms with Gasteiger partial charge in [0.05, 0.1) is 5.56 Å². The Morgan fingerprint density at radius 1 is 1.23 bits per heavy atom. The lowest BCUT2D eigenvalue weighted by molar-refractivity contribution is -0.00326. The molecule has 3 nitrogen and oxygen atoms in total. The van der Waals surface area contributed by atoms with Gasteiger partial charge in [-0.1, -0.05) is 30.9 Å². The minimum absolute atomic E-state index is 0.401. The third kappa shape index (κ3) is 3.34. The molecule has 0 radical (unpaired) electrons. The van der Waals surface area contributed by atoms with Crippen molar-refractivity contribution in [2.24, 2.45) is 0 Å².